The van der Waals surface area contributed by atoms with Gasteiger partial charge in [0.1, 0.15) is 29.5 Å². The Bertz CT molecular complexity index is 1620. The van der Waals surface area contributed by atoms with E-state index >= 15 is 0 Å². The van der Waals surface area contributed by atoms with Gasteiger partial charge >= 0.3 is 0 Å². The van der Waals surface area contributed by atoms with Gasteiger partial charge in [0, 0.05) is 53.2 Å². The molecule has 8 nitrogen and oxygen atoms in total. The summed E-state index contributed by atoms with van der Waals surface area (Å²) in [6, 6.07) is 6.88. The summed E-state index contributed by atoms with van der Waals surface area (Å²) >= 11 is 12.9. The second-order valence-corrected chi connectivity index (χ2v) is 11.0. The lowest BCUT2D eigenvalue weighted by molar-refractivity contribution is -0.133. The highest BCUT2D eigenvalue weighted by Gasteiger charge is 2.49. The van der Waals surface area contributed by atoms with Crippen LogP contribution in [0.15, 0.2) is 54.7 Å². The maximum absolute atomic E-state index is 14.6. The average molecular weight is 634 g/mol. The molecular weight excluding hydrogens is 613 g/mol. The minimum absolute atomic E-state index is 0.0289. The number of anilines is 2. The molecule has 2 aliphatic rings. The van der Waals surface area contributed by atoms with Gasteiger partial charge in [-0.15, -0.1) is 0 Å². The Hall–Kier alpha value is -4.21. The van der Waals surface area contributed by atoms with E-state index in [1.54, 1.807) is 0 Å². The van der Waals surface area contributed by atoms with Gasteiger partial charge in [-0.05, 0) is 42.8 Å². The van der Waals surface area contributed by atoms with Crippen molar-refractivity contribution < 1.29 is 31.9 Å². The fourth-order valence-electron chi connectivity index (χ4n) is 5.26. The van der Waals surface area contributed by atoms with Crippen molar-refractivity contribution >= 4 is 52.4 Å². The van der Waals surface area contributed by atoms with E-state index in [9.17, 15) is 37.2 Å². The molecule has 2 atom stereocenters. The molecule has 3 amide bonds. The van der Waals surface area contributed by atoms with Crippen LogP contribution in [0.4, 0.5) is 29.1 Å². The van der Waals surface area contributed by atoms with Crippen LogP contribution in [0.3, 0.4) is 0 Å². The predicted octanol–water partition coefficient (Wildman–Crippen LogP) is 5.72. The van der Waals surface area contributed by atoms with Gasteiger partial charge in [-0.1, -0.05) is 29.3 Å². The lowest BCUT2D eigenvalue weighted by atomic mass is 9.87. The first-order valence-corrected chi connectivity index (χ1v) is 13.7. The smallest absolute Gasteiger partial charge is 0.252 e. The van der Waals surface area contributed by atoms with Crippen molar-refractivity contribution in [2.45, 2.75) is 49.7 Å². The third-order valence-electron chi connectivity index (χ3n) is 7.20. The summed E-state index contributed by atoms with van der Waals surface area (Å²) in [5.74, 6) is -7.67. The molecule has 1 aromatic heterocycles. The zero-order valence-electron chi connectivity index (χ0n) is 22.0. The highest BCUT2D eigenvalue weighted by molar-refractivity contribution is 6.36. The summed E-state index contributed by atoms with van der Waals surface area (Å²) in [6.07, 6.45) is -0.244. The predicted molar refractivity (Wildman–Crippen MR) is 149 cm³/mol. The number of rotatable bonds is 7. The van der Waals surface area contributed by atoms with Crippen molar-refractivity contribution in [1.29, 1.82) is 5.26 Å². The maximum Gasteiger partial charge on any atom is 0.252 e. The summed E-state index contributed by atoms with van der Waals surface area (Å²) in [7, 11) is 0. The van der Waals surface area contributed by atoms with Crippen molar-refractivity contribution in [3.63, 3.8) is 0 Å². The highest BCUT2D eigenvalue weighted by Crippen LogP contribution is 2.41. The second-order valence-electron chi connectivity index (χ2n) is 10.2. The van der Waals surface area contributed by atoms with Crippen molar-refractivity contribution in [2.75, 3.05) is 9.80 Å². The highest BCUT2D eigenvalue weighted by atomic mass is 35.5. The summed E-state index contributed by atoms with van der Waals surface area (Å²) in [5, 5.41) is 11.6. The van der Waals surface area contributed by atoms with Crippen LogP contribution < -0.4 is 15.1 Å². The van der Waals surface area contributed by atoms with E-state index in [-0.39, 0.29) is 39.8 Å². The van der Waals surface area contributed by atoms with Gasteiger partial charge in [0.15, 0.2) is 0 Å². The molecule has 0 spiro atoms. The second kappa shape index (κ2) is 11.8. The number of amides is 3. The Morgan fingerprint density at radius 3 is 2.35 bits per heavy atom. The minimum Gasteiger partial charge on any atom is -0.351 e. The fraction of sp³-hybridized carbons (Fsp3) is 0.276. The molecular formula is C29H21Cl2F4N5O3. The lowest BCUT2D eigenvalue weighted by Gasteiger charge is -2.39. The number of nitrogens with zero attached hydrogens (tertiary/aromatic N) is 4. The molecule has 5 rings (SSSR count). The topological polar surface area (TPSA) is 106 Å². The standard InChI is InChI=1S/C29H21Cl2F4N5O3/c30-20-2-1-3-21(31)25(20)26(27(42)38-18-12-29(34,35)13-18)39(19-10-16(32)9-17(33)11-19)28(43)22-4-5-24(41)40(22)23-8-15(14-36)6-7-37-23/h1-3,6-11,18,22,26H,4-5,12-13H2,(H,38,42)/t22-,26?/m0/s1. The van der Waals surface area contributed by atoms with Crippen molar-refractivity contribution in [1.82, 2.24) is 10.3 Å². The number of nitriles is 1. The summed E-state index contributed by atoms with van der Waals surface area (Å²) < 4.78 is 56.4. The van der Waals surface area contributed by atoms with Crippen LogP contribution in [0.5, 0.6) is 0 Å². The Kier molecular flexibility index (Phi) is 8.31. The molecule has 1 aliphatic heterocycles. The molecule has 14 heteroatoms. The van der Waals surface area contributed by atoms with Gasteiger partial charge in [-0.3, -0.25) is 24.2 Å². The number of hydrogen-bond acceptors (Lipinski definition) is 5. The molecule has 1 unspecified atom stereocenters. The number of benzene rings is 2. The SMILES string of the molecule is N#Cc1ccnc(N2C(=O)CC[C@H]2C(=O)N(c2cc(F)cc(F)c2)C(C(=O)NC2CC(F)(F)C2)c2c(Cl)cccc2Cl)c1. The van der Waals surface area contributed by atoms with Crippen LogP contribution in [-0.4, -0.2) is 40.7 Å². The monoisotopic (exact) mass is 633 g/mol. The van der Waals surface area contributed by atoms with E-state index < -0.39 is 71.9 Å². The number of pyridine rings is 1. The Morgan fingerprint density at radius 1 is 1.09 bits per heavy atom. The van der Waals surface area contributed by atoms with Gasteiger partial charge in [0.25, 0.3) is 11.8 Å². The third-order valence-corrected chi connectivity index (χ3v) is 7.86. The van der Waals surface area contributed by atoms with Crippen LogP contribution in [-0.2, 0) is 14.4 Å². The van der Waals surface area contributed by atoms with E-state index in [2.05, 4.69) is 10.3 Å². The number of carbonyl (C=O) groups excluding carboxylic acids is 3. The van der Waals surface area contributed by atoms with Crippen LogP contribution in [0.2, 0.25) is 10.0 Å². The number of carbonyl (C=O) groups is 3. The molecule has 3 aromatic rings. The van der Waals surface area contributed by atoms with Crippen molar-refractivity contribution in [3.8, 4) is 6.07 Å². The van der Waals surface area contributed by atoms with Crippen LogP contribution >= 0.6 is 23.2 Å². The van der Waals surface area contributed by atoms with E-state index in [0.717, 1.165) is 21.9 Å². The molecule has 43 heavy (non-hydrogen) atoms. The number of aromatic nitrogens is 1. The fourth-order valence-corrected chi connectivity index (χ4v) is 5.86. The zero-order chi connectivity index (χ0) is 31.1. The van der Waals surface area contributed by atoms with Crippen LogP contribution in [0.1, 0.15) is 42.9 Å². The molecule has 2 heterocycles. The largest absolute Gasteiger partial charge is 0.351 e. The Balaban J connectivity index is 1.66. The van der Waals surface area contributed by atoms with Gasteiger partial charge in [0.05, 0.1) is 17.3 Å². The summed E-state index contributed by atoms with van der Waals surface area (Å²) in [6.45, 7) is 0. The number of halogens is 6. The molecule has 1 saturated carbocycles. The molecule has 1 saturated heterocycles. The van der Waals surface area contributed by atoms with E-state index in [1.807, 2.05) is 6.07 Å². The zero-order valence-corrected chi connectivity index (χ0v) is 23.5. The Labute approximate surface area is 252 Å². The van der Waals surface area contributed by atoms with Crippen molar-refractivity contribution in [2.24, 2.45) is 0 Å². The van der Waals surface area contributed by atoms with Crippen LogP contribution in [0.25, 0.3) is 0 Å². The third kappa shape index (κ3) is 6.14. The van der Waals surface area contributed by atoms with Crippen LogP contribution in [0, 0.1) is 23.0 Å². The van der Waals surface area contributed by atoms with Gasteiger partial charge < -0.3 is 5.32 Å². The molecule has 222 valence electrons. The number of hydrogen-bond donors (Lipinski definition) is 1. The molecule has 2 aromatic carbocycles. The normalized spacial score (nSPS) is 18.5. The average Bonchev–Trinajstić information content (AvgIpc) is 3.31. The Morgan fingerprint density at radius 2 is 1.74 bits per heavy atom. The first-order valence-electron chi connectivity index (χ1n) is 13.0. The van der Waals surface area contributed by atoms with E-state index in [1.165, 1.54) is 36.5 Å². The molecule has 0 bridgehead atoms. The van der Waals surface area contributed by atoms with Gasteiger partial charge in [-0.25, -0.2) is 22.5 Å². The van der Waals surface area contributed by atoms with Gasteiger partial charge in [0.2, 0.25) is 11.8 Å². The molecule has 0 radical (unpaired) electrons. The quantitative estimate of drug-likeness (QED) is 0.335. The molecule has 1 aliphatic carbocycles. The summed E-state index contributed by atoms with van der Waals surface area (Å²) in [5.41, 5.74) is -0.402. The minimum atomic E-state index is -2.99. The maximum atomic E-state index is 14.6. The van der Waals surface area contributed by atoms with Gasteiger partial charge in [-0.2, -0.15) is 5.26 Å². The van der Waals surface area contributed by atoms with E-state index in [0.29, 0.717) is 6.07 Å². The summed E-state index contributed by atoms with van der Waals surface area (Å²) in [4.78, 5) is 47.3. The first kappa shape index (κ1) is 30.3. The van der Waals surface area contributed by atoms with Crippen molar-refractivity contribution in [3.05, 3.63) is 87.5 Å². The lowest BCUT2D eigenvalue weighted by Crippen LogP contribution is -2.56. The molecule has 2 fully saturated rings. The first-order chi connectivity index (χ1) is 20.4. The van der Waals surface area contributed by atoms with E-state index in [4.69, 9.17) is 23.2 Å². The molecule has 1 N–H and O–H groups in total. The number of nitrogens with one attached hydrogen (secondary N) is 1. The number of alkyl halides is 2.